The van der Waals surface area contributed by atoms with Crippen LogP contribution in [0, 0.1) is 0 Å². The van der Waals surface area contributed by atoms with Gasteiger partial charge in [0.1, 0.15) is 25.4 Å². The molecule has 0 spiro atoms. The predicted molar refractivity (Wildman–Crippen MR) is 116 cm³/mol. The molecule has 0 radical (unpaired) electrons. The summed E-state index contributed by atoms with van der Waals surface area (Å²) in [6.45, 7) is 4.04. The summed E-state index contributed by atoms with van der Waals surface area (Å²) >= 11 is 0. The van der Waals surface area contributed by atoms with Crippen molar-refractivity contribution in [3.63, 3.8) is 0 Å². The van der Waals surface area contributed by atoms with E-state index in [2.05, 4.69) is 34.3 Å². The molecule has 0 unspecified atom stereocenters. The Kier molecular flexibility index (Phi) is 5.78. The highest BCUT2D eigenvalue weighted by atomic mass is 16.6. The van der Waals surface area contributed by atoms with Crippen LogP contribution in [0.25, 0.3) is 0 Å². The zero-order valence-corrected chi connectivity index (χ0v) is 17.4. The zero-order valence-electron chi connectivity index (χ0n) is 17.4. The number of β-amino-alcohol motifs (C(OH)–C–C–N with tert-alkyl or cyclic N) is 1. The number of hydrogen-bond donors (Lipinski definition) is 1. The standard InChI is InChI=1S/C24H27N3O4/c28-20-17-26(15-18-4-1-5-19(14-18)16-27-10-3-9-25-27)11-8-21(20)31-23-7-2-6-22-24(23)30-13-12-29-22/h1-7,9-10,14,20-21,28H,8,11-13,15-17H2/t20-,21-/m1/s1. The van der Waals surface area contributed by atoms with Crippen molar-refractivity contribution in [2.24, 2.45) is 0 Å². The molecule has 2 aliphatic heterocycles. The first-order valence-corrected chi connectivity index (χ1v) is 10.8. The van der Waals surface area contributed by atoms with Gasteiger partial charge in [-0.05, 0) is 35.7 Å². The van der Waals surface area contributed by atoms with Gasteiger partial charge in [0, 0.05) is 32.0 Å². The molecule has 2 atom stereocenters. The van der Waals surface area contributed by atoms with Crippen molar-refractivity contribution in [3.8, 4) is 17.2 Å². The van der Waals surface area contributed by atoms with Crippen LogP contribution in [0.5, 0.6) is 17.2 Å². The summed E-state index contributed by atoms with van der Waals surface area (Å²) in [4.78, 5) is 2.28. The fourth-order valence-electron chi connectivity index (χ4n) is 4.23. The van der Waals surface area contributed by atoms with Crippen molar-refractivity contribution in [1.29, 1.82) is 0 Å². The molecular formula is C24H27N3O4. The Bertz CT molecular complexity index is 1010. The quantitative estimate of drug-likeness (QED) is 0.660. The predicted octanol–water partition coefficient (Wildman–Crippen LogP) is 2.72. The molecule has 0 bridgehead atoms. The van der Waals surface area contributed by atoms with E-state index in [1.165, 1.54) is 11.1 Å². The van der Waals surface area contributed by atoms with Crippen LogP contribution in [-0.2, 0) is 13.1 Å². The lowest BCUT2D eigenvalue weighted by Gasteiger charge is -2.36. The van der Waals surface area contributed by atoms with Gasteiger partial charge in [-0.25, -0.2) is 0 Å². The summed E-state index contributed by atoms with van der Waals surface area (Å²) in [5.41, 5.74) is 2.45. The Morgan fingerprint density at radius 3 is 2.71 bits per heavy atom. The van der Waals surface area contributed by atoms with Gasteiger partial charge < -0.3 is 19.3 Å². The molecule has 3 aromatic rings. The third-order valence-corrected chi connectivity index (χ3v) is 5.71. The molecule has 7 nitrogen and oxygen atoms in total. The van der Waals surface area contributed by atoms with Crippen molar-refractivity contribution in [1.82, 2.24) is 14.7 Å². The average molecular weight is 421 g/mol. The second-order valence-corrected chi connectivity index (χ2v) is 8.05. The van der Waals surface area contributed by atoms with Gasteiger partial charge in [-0.15, -0.1) is 0 Å². The lowest BCUT2D eigenvalue weighted by molar-refractivity contribution is -0.0290. The molecule has 31 heavy (non-hydrogen) atoms. The van der Waals surface area contributed by atoms with E-state index in [-0.39, 0.29) is 6.10 Å². The fourth-order valence-corrected chi connectivity index (χ4v) is 4.23. The van der Waals surface area contributed by atoms with Gasteiger partial charge in [0.2, 0.25) is 5.75 Å². The number of hydrogen-bond acceptors (Lipinski definition) is 6. The topological polar surface area (TPSA) is 69.0 Å². The number of piperidine rings is 1. The van der Waals surface area contributed by atoms with Gasteiger partial charge in [-0.1, -0.05) is 30.3 Å². The van der Waals surface area contributed by atoms with E-state index in [0.717, 1.165) is 26.1 Å². The van der Waals surface area contributed by atoms with E-state index in [1.807, 2.05) is 35.1 Å². The third kappa shape index (κ3) is 4.68. The van der Waals surface area contributed by atoms with Gasteiger partial charge >= 0.3 is 0 Å². The minimum Gasteiger partial charge on any atom is -0.486 e. The molecule has 3 heterocycles. The zero-order chi connectivity index (χ0) is 21.0. The second kappa shape index (κ2) is 8.99. The van der Waals surface area contributed by atoms with Gasteiger partial charge in [0.15, 0.2) is 11.5 Å². The number of rotatable bonds is 6. The summed E-state index contributed by atoms with van der Waals surface area (Å²) < 4.78 is 19.4. The molecule has 1 aromatic heterocycles. The first kappa shape index (κ1) is 19.9. The number of aliphatic hydroxyl groups is 1. The SMILES string of the molecule is O[C@@H]1CN(Cc2cccc(Cn3cccn3)c2)CC[C@H]1Oc1cccc2c1OCCO2. The fraction of sp³-hybridized carbons (Fsp3) is 0.375. The number of aliphatic hydroxyl groups excluding tert-OH is 1. The molecule has 1 N–H and O–H groups in total. The van der Waals surface area contributed by atoms with E-state index < -0.39 is 6.10 Å². The molecule has 1 fully saturated rings. The highest BCUT2D eigenvalue weighted by Gasteiger charge is 2.30. The Morgan fingerprint density at radius 1 is 1.03 bits per heavy atom. The second-order valence-electron chi connectivity index (χ2n) is 8.05. The molecular weight excluding hydrogens is 394 g/mol. The number of ether oxygens (including phenoxy) is 3. The number of likely N-dealkylation sites (tertiary alicyclic amines) is 1. The van der Waals surface area contributed by atoms with E-state index in [1.54, 1.807) is 6.20 Å². The smallest absolute Gasteiger partial charge is 0.203 e. The molecule has 2 aliphatic rings. The maximum Gasteiger partial charge on any atom is 0.203 e. The number of para-hydroxylation sites is 1. The first-order valence-electron chi connectivity index (χ1n) is 10.8. The lowest BCUT2D eigenvalue weighted by atomic mass is 10.0. The summed E-state index contributed by atoms with van der Waals surface area (Å²) in [6, 6.07) is 16.1. The summed E-state index contributed by atoms with van der Waals surface area (Å²) in [5, 5.41) is 15.0. The van der Waals surface area contributed by atoms with Crippen LogP contribution in [0.1, 0.15) is 17.5 Å². The van der Waals surface area contributed by atoms with Gasteiger partial charge in [0.25, 0.3) is 0 Å². The normalized spacial score (nSPS) is 21.1. The number of nitrogens with zero attached hydrogens (tertiary/aromatic N) is 3. The molecule has 0 saturated carbocycles. The third-order valence-electron chi connectivity index (χ3n) is 5.71. The molecule has 0 amide bonds. The minimum absolute atomic E-state index is 0.264. The van der Waals surface area contributed by atoms with Gasteiger partial charge in [-0.2, -0.15) is 5.10 Å². The Hall–Kier alpha value is -3.03. The van der Waals surface area contributed by atoms with Crippen LogP contribution in [-0.4, -0.2) is 58.3 Å². The van der Waals surface area contributed by atoms with Crippen LogP contribution in [0.2, 0.25) is 0 Å². The number of aromatic nitrogens is 2. The van der Waals surface area contributed by atoms with E-state index >= 15 is 0 Å². The molecule has 0 aliphatic carbocycles. The minimum atomic E-state index is -0.568. The maximum atomic E-state index is 10.8. The van der Waals surface area contributed by atoms with E-state index in [4.69, 9.17) is 14.2 Å². The van der Waals surface area contributed by atoms with Gasteiger partial charge in [0.05, 0.1) is 6.54 Å². The van der Waals surface area contributed by atoms with Gasteiger partial charge in [-0.3, -0.25) is 9.58 Å². The Morgan fingerprint density at radius 2 is 1.87 bits per heavy atom. The largest absolute Gasteiger partial charge is 0.486 e. The summed E-state index contributed by atoms with van der Waals surface area (Å²) in [7, 11) is 0. The van der Waals surface area contributed by atoms with E-state index in [9.17, 15) is 5.11 Å². The average Bonchev–Trinajstić information content (AvgIpc) is 3.29. The molecule has 5 rings (SSSR count). The van der Waals surface area contributed by atoms with Crippen molar-refractivity contribution >= 4 is 0 Å². The maximum absolute atomic E-state index is 10.8. The molecule has 2 aromatic carbocycles. The highest BCUT2D eigenvalue weighted by molar-refractivity contribution is 5.51. The number of fused-ring (bicyclic) bond motifs is 1. The first-order chi connectivity index (χ1) is 15.2. The van der Waals surface area contributed by atoms with Crippen LogP contribution < -0.4 is 14.2 Å². The lowest BCUT2D eigenvalue weighted by Crippen LogP contribution is -2.48. The van der Waals surface area contributed by atoms with Crippen LogP contribution >= 0.6 is 0 Å². The van der Waals surface area contributed by atoms with Crippen molar-refractivity contribution < 1.29 is 19.3 Å². The van der Waals surface area contributed by atoms with Crippen LogP contribution in [0.4, 0.5) is 0 Å². The number of benzene rings is 2. The van der Waals surface area contributed by atoms with Crippen molar-refractivity contribution in [3.05, 3.63) is 72.1 Å². The van der Waals surface area contributed by atoms with Crippen LogP contribution in [0.3, 0.4) is 0 Å². The Balaban J connectivity index is 1.19. The molecule has 1 saturated heterocycles. The molecule has 162 valence electrons. The Labute approximate surface area is 181 Å². The monoisotopic (exact) mass is 421 g/mol. The van der Waals surface area contributed by atoms with Crippen molar-refractivity contribution in [2.75, 3.05) is 26.3 Å². The van der Waals surface area contributed by atoms with E-state index in [0.29, 0.717) is 37.0 Å². The molecule has 7 heteroatoms. The summed E-state index contributed by atoms with van der Waals surface area (Å²) in [6.07, 6.45) is 3.68. The van der Waals surface area contributed by atoms with Crippen molar-refractivity contribution in [2.45, 2.75) is 31.7 Å². The van der Waals surface area contributed by atoms with Crippen LogP contribution in [0.15, 0.2) is 60.9 Å². The summed E-state index contributed by atoms with van der Waals surface area (Å²) in [5.74, 6) is 1.98. The highest BCUT2D eigenvalue weighted by Crippen LogP contribution is 2.40.